The van der Waals surface area contributed by atoms with Crippen LogP contribution in [0.15, 0.2) is 12.1 Å². The largest absolute Gasteiger partial charge is 0.391 e. The number of nitrogens with one attached hydrogen (secondary N) is 1. The van der Waals surface area contributed by atoms with Crippen molar-refractivity contribution in [3.63, 3.8) is 0 Å². The third-order valence-corrected chi connectivity index (χ3v) is 3.65. The Morgan fingerprint density at radius 2 is 2.11 bits per heavy atom. The molecule has 0 saturated carbocycles. The summed E-state index contributed by atoms with van der Waals surface area (Å²) in [7, 11) is -1.53. The molecule has 1 aromatic rings. The van der Waals surface area contributed by atoms with Crippen LogP contribution in [0.5, 0.6) is 0 Å². The zero-order valence-corrected chi connectivity index (χ0v) is 12.0. The van der Waals surface area contributed by atoms with Crippen LogP contribution in [0.3, 0.4) is 0 Å². The highest BCUT2D eigenvalue weighted by atomic mass is 28.3. The van der Waals surface area contributed by atoms with Crippen LogP contribution in [0.2, 0.25) is 19.6 Å². The summed E-state index contributed by atoms with van der Waals surface area (Å²) in [6, 6.07) is 3.16. The van der Waals surface area contributed by atoms with Gasteiger partial charge in [0, 0.05) is 13.0 Å². The molecular weight excluding hydrogens is 245 g/mol. The van der Waals surface area contributed by atoms with E-state index < -0.39 is 14.2 Å². The number of aliphatic hydroxyl groups excluding tert-OH is 1. The molecule has 2 nitrogen and oxygen atoms in total. The van der Waals surface area contributed by atoms with Gasteiger partial charge in [-0.05, 0) is 11.6 Å². The molecular formula is C14H18FNOSi. The molecule has 0 fully saturated rings. The number of benzene rings is 1. The van der Waals surface area contributed by atoms with Crippen molar-refractivity contribution in [2.24, 2.45) is 0 Å². The summed E-state index contributed by atoms with van der Waals surface area (Å²) in [6.45, 7) is 6.84. The maximum absolute atomic E-state index is 13.9. The molecule has 1 heterocycles. The molecule has 2 N–H and O–H groups in total. The van der Waals surface area contributed by atoms with E-state index in [2.05, 4.69) is 36.4 Å². The molecule has 0 aromatic heterocycles. The van der Waals surface area contributed by atoms with E-state index in [1.807, 2.05) is 0 Å². The third kappa shape index (κ3) is 2.92. The van der Waals surface area contributed by atoms with Crippen molar-refractivity contribution < 1.29 is 9.50 Å². The van der Waals surface area contributed by atoms with Crippen molar-refractivity contribution in [2.75, 3.05) is 11.9 Å². The standard InChI is InChI=1S/C14H18FNOSi/c1-18(2,3)7-6-12-13(15)5-4-10-8-11(17)9-16-14(10)12/h4-5,11,16-17H,8-9H2,1-3H3. The number of hydrogen-bond donors (Lipinski definition) is 2. The summed E-state index contributed by atoms with van der Waals surface area (Å²) in [6.07, 6.45) is 0.158. The van der Waals surface area contributed by atoms with Gasteiger partial charge in [-0.2, -0.15) is 0 Å². The van der Waals surface area contributed by atoms with Gasteiger partial charge in [0.25, 0.3) is 0 Å². The Balaban J connectivity index is 2.46. The van der Waals surface area contributed by atoms with E-state index >= 15 is 0 Å². The maximum atomic E-state index is 13.9. The Bertz CT molecular complexity index is 525. The number of anilines is 1. The third-order valence-electron chi connectivity index (χ3n) is 2.77. The van der Waals surface area contributed by atoms with E-state index in [-0.39, 0.29) is 5.82 Å². The Morgan fingerprint density at radius 1 is 1.39 bits per heavy atom. The first-order valence-electron chi connectivity index (χ1n) is 6.13. The lowest BCUT2D eigenvalue weighted by Gasteiger charge is -2.23. The first-order chi connectivity index (χ1) is 8.37. The summed E-state index contributed by atoms with van der Waals surface area (Å²) < 4.78 is 13.9. The van der Waals surface area contributed by atoms with Crippen molar-refractivity contribution in [1.82, 2.24) is 0 Å². The van der Waals surface area contributed by atoms with Crippen LogP contribution in [-0.2, 0) is 6.42 Å². The summed E-state index contributed by atoms with van der Waals surface area (Å²) >= 11 is 0. The predicted molar refractivity (Wildman–Crippen MR) is 74.8 cm³/mol. The second kappa shape index (κ2) is 4.75. The highest BCUT2D eigenvalue weighted by Gasteiger charge is 2.20. The number of aliphatic hydroxyl groups is 1. The van der Waals surface area contributed by atoms with E-state index in [0.717, 1.165) is 11.3 Å². The van der Waals surface area contributed by atoms with Crippen molar-refractivity contribution in [2.45, 2.75) is 32.2 Å². The summed E-state index contributed by atoms with van der Waals surface area (Å²) in [5.74, 6) is 2.70. The lowest BCUT2D eigenvalue weighted by molar-refractivity contribution is 0.184. The van der Waals surface area contributed by atoms with Crippen molar-refractivity contribution in [1.29, 1.82) is 0 Å². The molecule has 0 saturated heterocycles. The predicted octanol–water partition coefficient (Wildman–Crippen LogP) is 2.38. The van der Waals surface area contributed by atoms with Gasteiger partial charge in [0.05, 0.1) is 17.4 Å². The molecule has 1 unspecified atom stereocenters. The fourth-order valence-corrected chi connectivity index (χ4v) is 2.41. The highest BCUT2D eigenvalue weighted by molar-refractivity contribution is 6.83. The SMILES string of the molecule is C[Si](C)(C)C#Cc1c(F)ccc2c1NCC(O)C2. The van der Waals surface area contributed by atoms with Crippen LogP contribution >= 0.6 is 0 Å². The van der Waals surface area contributed by atoms with Crippen molar-refractivity contribution >= 4 is 13.8 Å². The molecule has 0 radical (unpaired) electrons. The number of rotatable bonds is 0. The average Bonchev–Trinajstić information content (AvgIpc) is 2.26. The van der Waals surface area contributed by atoms with E-state index in [4.69, 9.17) is 0 Å². The second-order valence-corrected chi connectivity index (χ2v) is 10.4. The summed E-state index contributed by atoms with van der Waals surface area (Å²) in [4.78, 5) is 0. The molecule has 1 aromatic carbocycles. The Morgan fingerprint density at radius 3 is 2.78 bits per heavy atom. The smallest absolute Gasteiger partial charge is 0.140 e. The second-order valence-electron chi connectivity index (χ2n) is 5.70. The summed E-state index contributed by atoms with van der Waals surface area (Å²) in [5, 5.41) is 12.7. The van der Waals surface area contributed by atoms with Gasteiger partial charge in [-0.1, -0.05) is 31.6 Å². The van der Waals surface area contributed by atoms with E-state index in [1.165, 1.54) is 6.07 Å². The molecule has 1 aliphatic rings. The molecule has 0 amide bonds. The number of halogens is 1. The van der Waals surface area contributed by atoms with E-state index in [1.54, 1.807) is 6.07 Å². The first kappa shape index (κ1) is 13.1. The monoisotopic (exact) mass is 263 g/mol. The Labute approximate surface area is 108 Å². The zero-order valence-electron chi connectivity index (χ0n) is 11.0. The lowest BCUT2D eigenvalue weighted by Crippen LogP contribution is -2.28. The minimum atomic E-state index is -1.53. The van der Waals surface area contributed by atoms with E-state index in [9.17, 15) is 9.50 Å². The molecule has 0 bridgehead atoms. The van der Waals surface area contributed by atoms with Crippen molar-refractivity contribution in [3.8, 4) is 11.5 Å². The van der Waals surface area contributed by atoms with Crippen LogP contribution in [0.1, 0.15) is 11.1 Å². The van der Waals surface area contributed by atoms with Gasteiger partial charge >= 0.3 is 0 Å². The van der Waals surface area contributed by atoms with Crippen LogP contribution < -0.4 is 5.32 Å². The van der Waals surface area contributed by atoms with Crippen molar-refractivity contribution in [3.05, 3.63) is 29.1 Å². The fraction of sp³-hybridized carbons (Fsp3) is 0.429. The molecule has 96 valence electrons. The lowest BCUT2D eigenvalue weighted by atomic mass is 9.98. The molecule has 1 atom stereocenters. The van der Waals surface area contributed by atoms with Gasteiger partial charge in [-0.3, -0.25) is 0 Å². The fourth-order valence-electron chi connectivity index (χ4n) is 1.91. The van der Waals surface area contributed by atoms with Crippen LogP contribution in [-0.4, -0.2) is 25.8 Å². The maximum Gasteiger partial charge on any atom is 0.140 e. The molecule has 4 heteroatoms. The zero-order chi connectivity index (χ0) is 13.3. The van der Waals surface area contributed by atoms with Gasteiger partial charge in [0.15, 0.2) is 0 Å². The van der Waals surface area contributed by atoms with Crippen LogP contribution in [0.4, 0.5) is 10.1 Å². The van der Waals surface area contributed by atoms with Gasteiger partial charge in [0.2, 0.25) is 0 Å². The first-order valence-corrected chi connectivity index (χ1v) is 9.63. The minimum Gasteiger partial charge on any atom is -0.391 e. The van der Waals surface area contributed by atoms with Gasteiger partial charge in [-0.25, -0.2) is 4.39 Å². The van der Waals surface area contributed by atoms with E-state index in [0.29, 0.717) is 18.5 Å². The number of fused-ring (bicyclic) bond motifs is 1. The van der Waals surface area contributed by atoms with Crippen LogP contribution in [0.25, 0.3) is 0 Å². The van der Waals surface area contributed by atoms with Gasteiger partial charge in [-0.15, -0.1) is 5.54 Å². The normalized spacial score (nSPS) is 18.4. The van der Waals surface area contributed by atoms with Crippen LogP contribution in [0, 0.1) is 17.3 Å². The number of β-amino-alcohol motifs (C(OH)–C–C–N with tert-alkyl or cyclic N) is 1. The Hall–Kier alpha value is -1.31. The number of hydrogen-bond acceptors (Lipinski definition) is 2. The Kier molecular flexibility index (Phi) is 3.46. The molecule has 18 heavy (non-hydrogen) atoms. The molecule has 0 aliphatic carbocycles. The topological polar surface area (TPSA) is 32.3 Å². The minimum absolute atomic E-state index is 0.289. The van der Waals surface area contributed by atoms with Gasteiger partial charge in [0.1, 0.15) is 13.9 Å². The average molecular weight is 263 g/mol. The molecule has 0 spiro atoms. The highest BCUT2D eigenvalue weighted by Crippen LogP contribution is 2.27. The summed E-state index contributed by atoms with van der Waals surface area (Å²) in [5.41, 5.74) is 5.33. The quantitative estimate of drug-likeness (QED) is 0.556. The van der Waals surface area contributed by atoms with Gasteiger partial charge < -0.3 is 10.4 Å². The molecule has 1 aliphatic heterocycles. The molecule has 2 rings (SSSR count).